The third-order valence-electron chi connectivity index (χ3n) is 6.06. The number of para-hydroxylation sites is 1. The number of benzene rings is 3. The molecule has 0 aliphatic rings. The number of fused-ring (bicyclic) bond motifs is 3. The molecule has 0 saturated heterocycles. The molecule has 6 rings (SSSR count). The minimum absolute atomic E-state index is 0. The standard InChI is InChI=1S/C30H21N3O.Pt/c1-20-13-16-29(32-21(20)2)33-27-11-4-3-10-25(27)26-15-14-23(19-28(26)33)22-8-7-9-24(18-22)34-30-12-5-6-17-31-30;/h3-17H,1-2H3;/q-2;+2. The molecule has 0 fully saturated rings. The molecule has 4 nitrogen and oxygen atoms in total. The minimum Gasteiger partial charge on any atom is -0.460 e. The average Bonchev–Trinajstić information content (AvgIpc) is 3.20. The zero-order valence-electron chi connectivity index (χ0n) is 19.2. The summed E-state index contributed by atoms with van der Waals surface area (Å²) in [5.41, 5.74) is 6.13. The fourth-order valence-electron chi connectivity index (χ4n) is 4.21. The second-order valence-corrected chi connectivity index (χ2v) is 8.26. The van der Waals surface area contributed by atoms with Crippen LogP contribution in [-0.2, 0) is 21.1 Å². The zero-order chi connectivity index (χ0) is 23.1. The Morgan fingerprint density at radius 3 is 2.40 bits per heavy atom. The van der Waals surface area contributed by atoms with Gasteiger partial charge in [0.25, 0.3) is 0 Å². The summed E-state index contributed by atoms with van der Waals surface area (Å²) in [5.74, 6) is 2.04. The third-order valence-corrected chi connectivity index (χ3v) is 6.06. The van der Waals surface area contributed by atoms with E-state index in [4.69, 9.17) is 9.72 Å². The number of nitrogens with zero attached hydrogens (tertiary/aromatic N) is 3. The van der Waals surface area contributed by atoms with E-state index in [1.165, 1.54) is 10.9 Å². The molecule has 0 spiro atoms. The molecule has 0 N–H and O–H groups in total. The van der Waals surface area contributed by atoms with Crippen LogP contribution in [0.4, 0.5) is 0 Å². The molecule has 0 atom stereocenters. The maximum Gasteiger partial charge on any atom is 2.00 e. The van der Waals surface area contributed by atoms with Gasteiger partial charge in [-0.3, -0.25) is 0 Å². The molecular formula is C30H21N3OPt. The van der Waals surface area contributed by atoms with Crippen LogP contribution in [0.2, 0.25) is 0 Å². The molecule has 3 aromatic heterocycles. The van der Waals surface area contributed by atoms with Crippen molar-refractivity contribution in [3.05, 3.63) is 115 Å². The first-order chi connectivity index (χ1) is 16.7. The van der Waals surface area contributed by atoms with Gasteiger partial charge in [0, 0.05) is 29.2 Å². The number of rotatable bonds is 4. The van der Waals surface area contributed by atoms with E-state index in [-0.39, 0.29) is 21.1 Å². The Bertz CT molecular complexity index is 1660. The summed E-state index contributed by atoms with van der Waals surface area (Å²) in [4.78, 5) is 9.13. The number of aromatic nitrogens is 3. The smallest absolute Gasteiger partial charge is 0.460 e. The van der Waals surface area contributed by atoms with Crippen molar-refractivity contribution in [2.45, 2.75) is 13.8 Å². The van der Waals surface area contributed by atoms with E-state index in [1.807, 2.05) is 43.3 Å². The molecule has 6 aromatic rings. The van der Waals surface area contributed by atoms with Gasteiger partial charge in [0.15, 0.2) is 0 Å². The summed E-state index contributed by atoms with van der Waals surface area (Å²) >= 11 is 0. The van der Waals surface area contributed by atoms with Gasteiger partial charge in [0.1, 0.15) is 5.82 Å². The van der Waals surface area contributed by atoms with Crippen LogP contribution in [0, 0.1) is 26.0 Å². The Morgan fingerprint density at radius 1 is 0.743 bits per heavy atom. The first-order valence-corrected chi connectivity index (χ1v) is 11.2. The quantitative estimate of drug-likeness (QED) is 0.192. The average molecular weight is 635 g/mol. The fourth-order valence-corrected chi connectivity index (χ4v) is 4.21. The maximum absolute atomic E-state index is 5.90. The predicted molar refractivity (Wildman–Crippen MR) is 135 cm³/mol. The van der Waals surface area contributed by atoms with Gasteiger partial charge in [-0.15, -0.1) is 18.2 Å². The van der Waals surface area contributed by atoms with Crippen molar-refractivity contribution in [2.75, 3.05) is 0 Å². The first kappa shape index (κ1) is 23.0. The molecule has 0 saturated carbocycles. The summed E-state index contributed by atoms with van der Waals surface area (Å²) in [6, 6.07) is 35.3. The largest absolute Gasteiger partial charge is 2.00 e. The Kier molecular flexibility index (Phi) is 6.23. The number of ether oxygens (including phenoxy) is 1. The van der Waals surface area contributed by atoms with Crippen LogP contribution in [0.5, 0.6) is 11.6 Å². The SMILES string of the molecule is Cc1ccc(-n2c3[c-]c(-c4[c-]c(Oc5ccccn5)ccc4)ccc3c3ccccc32)nc1C.[Pt+2]. The second kappa shape index (κ2) is 9.48. The van der Waals surface area contributed by atoms with Gasteiger partial charge < -0.3 is 9.30 Å². The second-order valence-electron chi connectivity index (χ2n) is 8.26. The number of hydrogen-bond donors (Lipinski definition) is 0. The van der Waals surface area contributed by atoms with E-state index in [1.54, 1.807) is 6.20 Å². The third kappa shape index (κ3) is 4.26. The van der Waals surface area contributed by atoms with Crippen LogP contribution in [0.25, 0.3) is 38.8 Å². The van der Waals surface area contributed by atoms with Gasteiger partial charge in [-0.25, -0.2) is 21.1 Å². The molecule has 0 aliphatic carbocycles. The van der Waals surface area contributed by atoms with Crippen molar-refractivity contribution in [1.82, 2.24) is 14.5 Å². The van der Waals surface area contributed by atoms with Gasteiger partial charge >= 0.3 is 21.1 Å². The Morgan fingerprint density at radius 2 is 1.57 bits per heavy atom. The first-order valence-electron chi connectivity index (χ1n) is 11.2. The predicted octanol–water partition coefficient (Wildman–Crippen LogP) is 7.25. The van der Waals surface area contributed by atoms with Crippen LogP contribution in [-0.4, -0.2) is 14.5 Å². The van der Waals surface area contributed by atoms with Crippen LogP contribution in [0.15, 0.2) is 91.1 Å². The maximum atomic E-state index is 5.90. The van der Waals surface area contributed by atoms with Crippen LogP contribution >= 0.6 is 0 Å². The molecule has 0 aliphatic heterocycles. The van der Waals surface area contributed by atoms with Crippen molar-refractivity contribution in [2.24, 2.45) is 0 Å². The van der Waals surface area contributed by atoms with Gasteiger partial charge in [-0.05, 0) is 48.5 Å². The van der Waals surface area contributed by atoms with E-state index >= 15 is 0 Å². The topological polar surface area (TPSA) is 39.9 Å². The van der Waals surface area contributed by atoms with Gasteiger partial charge in [-0.2, -0.15) is 24.3 Å². The molecule has 0 amide bonds. The van der Waals surface area contributed by atoms with Gasteiger partial charge in [0.05, 0.1) is 0 Å². The van der Waals surface area contributed by atoms with E-state index < -0.39 is 0 Å². The van der Waals surface area contributed by atoms with Gasteiger partial charge in [-0.1, -0.05) is 35.7 Å². The summed E-state index contributed by atoms with van der Waals surface area (Å²) in [6.07, 6.45) is 1.71. The van der Waals surface area contributed by atoms with Crippen molar-refractivity contribution in [3.63, 3.8) is 0 Å². The molecule has 3 heterocycles. The Labute approximate surface area is 218 Å². The normalized spacial score (nSPS) is 10.9. The Balaban J connectivity index is 0.00000253. The summed E-state index contributed by atoms with van der Waals surface area (Å²) in [6.45, 7) is 4.13. The monoisotopic (exact) mass is 634 g/mol. The number of pyridine rings is 2. The molecular weight excluding hydrogens is 613 g/mol. The minimum atomic E-state index is 0. The van der Waals surface area contributed by atoms with Crippen molar-refractivity contribution < 1.29 is 25.8 Å². The molecule has 0 unspecified atom stereocenters. The fraction of sp³-hybridized carbons (Fsp3) is 0.0667. The Hall–Kier alpha value is -3.75. The molecule has 35 heavy (non-hydrogen) atoms. The molecule has 0 bridgehead atoms. The van der Waals surface area contributed by atoms with E-state index in [2.05, 4.69) is 77.1 Å². The molecule has 172 valence electrons. The van der Waals surface area contributed by atoms with E-state index in [0.29, 0.717) is 11.6 Å². The van der Waals surface area contributed by atoms with Crippen LogP contribution in [0.1, 0.15) is 11.3 Å². The summed E-state index contributed by atoms with van der Waals surface area (Å²) in [5, 5.41) is 2.32. The molecule has 5 heteroatoms. The molecule has 3 aromatic carbocycles. The van der Waals surface area contributed by atoms with Crippen LogP contribution < -0.4 is 4.74 Å². The summed E-state index contributed by atoms with van der Waals surface area (Å²) in [7, 11) is 0. The number of hydrogen-bond acceptors (Lipinski definition) is 3. The van der Waals surface area contributed by atoms with Crippen LogP contribution in [0.3, 0.4) is 0 Å². The van der Waals surface area contributed by atoms with Crippen molar-refractivity contribution in [3.8, 4) is 28.6 Å². The van der Waals surface area contributed by atoms with Gasteiger partial charge in [0.2, 0.25) is 5.88 Å². The van der Waals surface area contributed by atoms with E-state index in [9.17, 15) is 0 Å². The van der Waals surface area contributed by atoms with E-state index in [0.717, 1.165) is 39.1 Å². The zero-order valence-corrected chi connectivity index (χ0v) is 21.5. The van der Waals surface area contributed by atoms with Crippen molar-refractivity contribution in [1.29, 1.82) is 0 Å². The molecule has 0 radical (unpaired) electrons. The summed E-state index contributed by atoms with van der Waals surface area (Å²) < 4.78 is 8.09. The number of aryl methyl sites for hydroxylation is 2. The van der Waals surface area contributed by atoms with Crippen molar-refractivity contribution >= 4 is 21.8 Å².